The Balaban J connectivity index is 3.05. The summed E-state index contributed by atoms with van der Waals surface area (Å²) in [5.74, 6) is 1.27. The van der Waals surface area contributed by atoms with Crippen molar-refractivity contribution in [3.05, 3.63) is 29.8 Å². The van der Waals surface area contributed by atoms with Crippen molar-refractivity contribution in [1.29, 1.82) is 0 Å². The lowest BCUT2D eigenvalue weighted by Gasteiger charge is -2.37. The van der Waals surface area contributed by atoms with Gasteiger partial charge in [0.15, 0.2) is 0 Å². The molecule has 0 saturated carbocycles. The van der Waals surface area contributed by atoms with Gasteiger partial charge >= 0.3 is 0 Å². The molecule has 2 heteroatoms. The molecule has 1 aromatic carbocycles. The van der Waals surface area contributed by atoms with E-state index < -0.39 is 0 Å². The Morgan fingerprint density at radius 1 is 0.864 bits per heavy atom. The van der Waals surface area contributed by atoms with Crippen LogP contribution in [-0.2, 0) is 4.74 Å². The molecule has 0 aliphatic heterocycles. The number of ether oxygens (including phenoxy) is 2. The molecule has 0 radical (unpaired) electrons. The fourth-order valence-corrected chi connectivity index (χ4v) is 2.64. The van der Waals surface area contributed by atoms with Crippen molar-refractivity contribution in [1.82, 2.24) is 0 Å². The number of rotatable bonds is 5. The quantitative estimate of drug-likeness (QED) is 0.683. The van der Waals surface area contributed by atoms with Gasteiger partial charge in [-0.3, -0.25) is 0 Å². The maximum Gasteiger partial charge on any atom is 0.120 e. The highest BCUT2D eigenvalue weighted by Crippen LogP contribution is 2.40. The van der Waals surface area contributed by atoms with Crippen LogP contribution in [0.2, 0.25) is 0 Å². The Morgan fingerprint density at radius 2 is 1.36 bits per heavy atom. The summed E-state index contributed by atoms with van der Waals surface area (Å²) < 4.78 is 11.7. The molecule has 1 unspecified atom stereocenters. The van der Waals surface area contributed by atoms with Gasteiger partial charge in [0.2, 0.25) is 0 Å². The molecule has 0 aromatic heterocycles. The Hall–Kier alpha value is -1.02. The topological polar surface area (TPSA) is 18.5 Å². The van der Waals surface area contributed by atoms with Gasteiger partial charge in [-0.05, 0) is 64.2 Å². The molecule has 22 heavy (non-hydrogen) atoms. The Labute approximate surface area is 137 Å². The van der Waals surface area contributed by atoms with Gasteiger partial charge < -0.3 is 9.47 Å². The third-order valence-corrected chi connectivity index (χ3v) is 3.89. The molecule has 0 spiro atoms. The lowest BCUT2D eigenvalue weighted by molar-refractivity contribution is -0.0120. The predicted octanol–water partition coefficient (Wildman–Crippen LogP) is 5.81. The molecule has 0 fully saturated rings. The molecule has 1 aromatic rings. The first-order valence-electron chi connectivity index (χ1n) is 8.18. The zero-order valence-corrected chi connectivity index (χ0v) is 15.9. The van der Waals surface area contributed by atoms with Crippen LogP contribution < -0.4 is 4.74 Å². The standard InChI is InChI=1S/C20H34O2/c1-18(2,3)14-17(20(7,8)21-9)15-10-12-16(13-11-15)22-19(4,5)6/h10-13,17H,14H2,1-9H3. The average molecular weight is 306 g/mol. The maximum absolute atomic E-state index is 5.92. The van der Waals surface area contributed by atoms with Crippen molar-refractivity contribution < 1.29 is 9.47 Å². The van der Waals surface area contributed by atoms with Crippen LogP contribution >= 0.6 is 0 Å². The second-order valence-electron chi connectivity index (χ2n) is 8.91. The SMILES string of the molecule is COC(C)(C)C(CC(C)(C)C)c1ccc(OC(C)(C)C)cc1. The largest absolute Gasteiger partial charge is 0.488 e. The molecule has 0 amide bonds. The Kier molecular flexibility index (Phi) is 5.72. The highest BCUT2D eigenvalue weighted by Gasteiger charge is 2.34. The monoisotopic (exact) mass is 306 g/mol. The van der Waals surface area contributed by atoms with E-state index in [9.17, 15) is 0 Å². The van der Waals surface area contributed by atoms with E-state index in [4.69, 9.17) is 9.47 Å². The minimum Gasteiger partial charge on any atom is -0.488 e. The minimum absolute atomic E-state index is 0.169. The van der Waals surface area contributed by atoms with Gasteiger partial charge in [0.05, 0.1) is 5.60 Å². The lowest BCUT2D eigenvalue weighted by Crippen LogP contribution is -2.34. The van der Waals surface area contributed by atoms with Gasteiger partial charge in [-0.15, -0.1) is 0 Å². The average Bonchev–Trinajstić information content (AvgIpc) is 2.34. The van der Waals surface area contributed by atoms with Gasteiger partial charge in [0.25, 0.3) is 0 Å². The molecular formula is C20H34O2. The van der Waals surface area contributed by atoms with Crippen molar-refractivity contribution in [3.63, 3.8) is 0 Å². The normalized spacial score (nSPS) is 14.8. The Bertz CT molecular complexity index is 458. The molecule has 0 aliphatic rings. The van der Waals surface area contributed by atoms with Gasteiger partial charge in [-0.2, -0.15) is 0 Å². The zero-order valence-electron chi connectivity index (χ0n) is 15.9. The van der Waals surface area contributed by atoms with Crippen molar-refractivity contribution in [2.45, 2.75) is 78.9 Å². The smallest absolute Gasteiger partial charge is 0.120 e. The highest BCUT2D eigenvalue weighted by atomic mass is 16.5. The summed E-state index contributed by atoms with van der Waals surface area (Å²) in [6.45, 7) is 17.4. The van der Waals surface area contributed by atoms with Crippen LogP contribution in [0, 0.1) is 5.41 Å². The van der Waals surface area contributed by atoms with E-state index in [0.29, 0.717) is 5.92 Å². The first kappa shape index (κ1) is 19.0. The summed E-state index contributed by atoms with van der Waals surface area (Å²) in [6.07, 6.45) is 1.08. The molecule has 0 bridgehead atoms. The number of hydrogen-bond acceptors (Lipinski definition) is 2. The molecule has 1 atom stereocenters. The second kappa shape index (κ2) is 6.62. The molecular weight excluding hydrogens is 272 g/mol. The van der Waals surface area contributed by atoms with Crippen LogP contribution in [0.15, 0.2) is 24.3 Å². The van der Waals surface area contributed by atoms with Crippen LogP contribution in [0.4, 0.5) is 0 Å². The third kappa shape index (κ3) is 6.00. The third-order valence-electron chi connectivity index (χ3n) is 3.89. The van der Waals surface area contributed by atoms with E-state index in [1.165, 1.54) is 5.56 Å². The molecule has 1 rings (SSSR count). The van der Waals surface area contributed by atoms with E-state index >= 15 is 0 Å². The van der Waals surface area contributed by atoms with E-state index in [1.54, 1.807) is 7.11 Å². The van der Waals surface area contributed by atoms with Gasteiger partial charge in [0.1, 0.15) is 11.4 Å². The van der Waals surface area contributed by atoms with E-state index in [1.807, 2.05) is 0 Å². The summed E-state index contributed by atoms with van der Waals surface area (Å²) in [5.41, 5.74) is 1.20. The maximum atomic E-state index is 5.92. The fourth-order valence-electron chi connectivity index (χ4n) is 2.64. The molecule has 0 saturated heterocycles. The van der Waals surface area contributed by atoms with E-state index in [0.717, 1.165) is 12.2 Å². The van der Waals surface area contributed by atoms with Crippen LogP contribution in [0.3, 0.4) is 0 Å². The minimum atomic E-state index is -0.195. The number of hydrogen-bond donors (Lipinski definition) is 0. The second-order valence-corrected chi connectivity index (χ2v) is 8.91. The van der Waals surface area contributed by atoms with Crippen molar-refractivity contribution in [2.24, 2.45) is 5.41 Å². The van der Waals surface area contributed by atoms with Crippen molar-refractivity contribution >= 4 is 0 Å². The zero-order chi connectivity index (χ0) is 17.2. The number of benzene rings is 1. The highest BCUT2D eigenvalue weighted by molar-refractivity contribution is 5.31. The number of methoxy groups -OCH3 is 1. The van der Waals surface area contributed by atoms with Crippen LogP contribution in [-0.4, -0.2) is 18.3 Å². The molecule has 0 N–H and O–H groups in total. The van der Waals surface area contributed by atoms with Gasteiger partial charge in [-0.1, -0.05) is 32.9 Å². The van der Waals surface area contributed by atoms with Crippen molar-refractivity contribution in [3.8, 4) is 5.75 Å². The summed E-state index contributed by atoms with van der Waals surface area (Å²) in [7, 11) is 1.80. The van der Waals surface area contributed by atoms with Crippen LogP contribution in [0.25, 0.3) is 0 Å². The summed E-state index contributed by atoms with van der Waals surface area (Å²) >= 11 is 0. The van der Waals surface area contributed by atoms with Gasteiger partial charge in [-0.25, -0.2) is 0 Å². The fraction of sp³-hybridized carbons (Fsp3) is 0.700. The first-order chi connectivity index (χ1) is 9.84. The van der Waals surface area contributed by atoms with Crippen LogP contribution in [0.1, 0.15) is 73.3 Å². The summed E-state index contributed by atoms with van der Waals surface area (Å²) in [5, 5.41) is 0. The molecule has 0 heterocycles. The molecule has 2 nitrogen and oxygen atoms in total. The Morgan fingerprint density at radius 3 is 1.73 bits per heavy atom. The van der Waals surface area contributed by atoms with E-state index in [-0.39, 0.29) is 16.6 Å². The van der Waals surface area contributed by atoms with Gasteiger partial charge in [0, 0.05) is 13.0 Å². The molecule has 126 valence electrons. The van der Waals surface area contributed by atoms with Crippen molar-refractivity contribution in [2.75, 3.05) is 7.11 Å². The van der Waals surface area contributed by atoms with Crippen LogP contribution in [0.5, 0.6) is 5.75 Å². The predicted molar refractivity (Wildman–Crippen MR) is 94.7 cm³/mol. The first-order valence-corrected chi connectivity index (χ1v) is 8.18. The summed E-state index contributed by atoms with van der Waals surface area (Å²) in [6, 6.07) is 8.50. The molecule has 0 aliphatic carbocycles. The van der Waals surface area contributed by atoms with E-state index in [2.05, 4.69) is 79.7 Å². The lowest BCUT2D eigenvalue weighted by atomic mass is 9.74. The summed E-state index contributed by atoms with van der Waals surface area (Å²) in [4.78, 5) is 0.